The number of aromatic hydroxyl groups is 1. The highest BCUT2D eigenvalue weighted by Gasteiger charge is 2.14. The van der Waals surface area contributed by atoms with Gasteiger partial charge in [-0.2, -0.15) is 0 Å². The van der Waals surface area contributed by atoms with Gasteiger partial charge in [-0.1, -0.05) is 12.1 Å². The van der Waals surface area contributed by atoms with Gasteiger partial charge < -0.3 is 20.8 Å². The molecule has 0 saturated heterocycles. The average molecular weight is 340 g/mol. The third kappa shape index (κ3) is 3.70. The first kappa shape index (κ1) is 16.7. The van der Waals surface area contributed by atoms with Crippen LogP contribution >= 0.6 is 0 Å². The predicted octanol–water partition coefficient (Wildman–Crippen LogP) is 3.34. The van der Waals surface area contributed by atoms with E-state index in [-0.39, 0.29) is 23.7 Å². The molecule has 0 fully saturated rings. The first-order valence-corrected chi connectivity index (χ1v) is 7.76. The van der Waals surface area contributed by atoms with Crippen LogP contribution in [0.2, 0.25) is 0 Å². The van der Waals surface area contributed by atoms with E-state index >= 15 is 0 Å². The van der Waals surface area contributed by atoms with Gasteiger partial charge in [-0.25, -0.2) is 4.39 Å². The molecule has 4 N–H and O–H groups in total. The zero-order chi connectivity index (χ0) is 17.8. The second-order valence-electron chi connectivity index (χ2n) is 5.51. The molecule has 0 atom stereocenters. The maximum absolute atomic E-state index is 13.3. The molecule has 0 aromatic heterocycles. The molecule has 128 valence electrons. The van der Waals surface area contributed by atoms with Crippen LogP contribution in [0.4, 0.5) is 15.8 Å². The van der Waals surface area contributed by atoms with Crippen LogP contribution in [0.15, 0.2) is 54.6 Å². The van der Waals surface area contributed by atoms with E-state index in [1.807, 2.05) is 0 Å². The Morgan fingerprint density at radius 1 is 1.08 bits per heavy atom. The van der Waals surface area contributed by atoms with Gasteiger partial charge in [0.05, 0.1) is 12.2 Å². The van der Waals surface area contributed by atoms with Crippen molar-refractivity contribution in [3.63, 3.8) is 0 Å². The summed E-state index contributed by atoms with van der Waals surface area (Å²) in [6, 6.07) is 14.0. The van der Waals surface area contributed by atoms with Gasteiger partial charge in [0.2, 0.25) is 0 Å². The van der Waals surface area contributed by atoms with E-state index < -0.39 is 5.91 Å². The number of carbonyl (C=O) groups excluding carboxylic acids is 1. The summed E-state index contributed by atoms with van der Waals surface area (Å²) in [6.07, 6.45) is 0. The SMILES string of the molecule is O=C(Nc1cccc2cc(F)ccc12)c1cc(NCCO)ccc1O. The van der Waals surface area contributed by atoms with Gasteiger partial charge in [0.25, 0.3) is 5.91 Å². The molecule has 0 unspecified atom stereocenters. The molecule has 0 radical (unpaired) electrons. The highest BCUT2D eigenvalue weighted by Crippen LogP contribution is 2.27. The number of hydrogen-bond donors (Lipinski definition) is 4. The molecule has 3 aromatic carbocycles. The van der Waals surface area contributed by atoms with Crippen molar-refractivity contribution in [2.24, 2.45) is 0 Å². The van der Waals surface area contributed by atoms with Crippen molar-refractivity contribution in [3.05, 3.63) is 66.0 Å². The number of halogens is 1. The highest BCUT2D eigenvalue weighted by atomic mass is 19.1. The average Bonchev–Trinajstić information content (AvgIpc) is 2.60. The fourth-order valence-electron chi connectivity index (χ4n) is 2.58. The summed E-state index contributed by atoms with van der Waals surface area (Å²) in [5, 5.41) is 25.9. The number of rotatable bonds is 5. The van der Waals surface area contributed by atoms with Crippen molar-refractivity contribution in [2.45, 2.75) is 0 Å². The van der Waals surface area contributed by atoms with E-state index in [4.69, 9.17) is 5.11 Å². The Kier molecular flexibility index (Phi) is 4.81. The van der Waals surface area contributed by atoms with Crippen molar-refractivity contribution >= 4 is 28.1 Å². The smallest absolute Gasteiger partial charge is 0.259 e. The molecule has 1 amide bonds. The van der Waals surface area contributed by atoms with Crippen LogP contribution in [0.1, 0.15) is 10.4 Å². The molecule has 6 heteroatoms. The predicted molar refractivity (Wildman–Crippen MR) is 95.5 cm³/mol. The lowest BCUT2D eigenvalue weighted by Crippen LogP contribution is -2.13. The van der Waals surface area contributed by atoms with E-state index in [2.05, 4.69) is 10.6 Å². The van der Waals surface area contributed by atoms with Crippen LogP contribution < -0.4 is 10.6 Å². The van der Waals surface area contributed by atoms with E-state index in [1.54, 1.807) is 30.3 Å². The van der Waals surface area contributed by atoms with Gasteiger partial charge >= 0.3 is 0 Å². The fraction of sp³-hybridized carbons (Fsp3) is 0.105. The summed E-state index contributed by atoms with van der Waals surface area (Å²) >= 11 is 0. The minimum atomic E-state index is -0.484. The number of nitrogens with one attached hydrogen (secondary N) is 2. The fourth-order valence-corrected chi connectivity index (χ4v) is 2.58. The van der Waals surface area contributed by atoms with Crippen molar-refractivity contribution in [2.75, 3.05) is 23.8 Å². The Balaban J connectivity index is 1.90. The number of fused-ring (bicyclic) bond motifs is 1. The Hall–Kier alpha value is -3.12. The second-order valence-corrected chi connectivity index (χ2v) is 5.51. The lowest BCUT2D eigenvalue weighted by Gasteiger charge is -2.12. The maximum atomic E-state index is 13.3. The van der Waals surface area contributed by atoms with E-state index in [1.165, 1.54) is 24.3 Å². The second kappa shape index (κ2) is 7.19. The Labute approximate surface area is 143 Å². The zero-order valence-corrected chi connectivity index (χ0v) is 13.3. The van der Waals surface area contributed by atoms with Gasteiger partial charge in [-0.05, 0) is 47.9 Å². The Morgan fingerprint density at radius 3 is 2.72 bits per heavy atom. The molecule has 0 aliphatic heterocycles. The van der Waals surface area contributed by atoms with Crippen LogP contribution in [0.25, 0.3) is 10.8 Å². The van der Waals surface area contributed by atoms with Crippen LogP contribution in [0.3, 0.4) is 0 Å². The topological polar surface area (TPSA) is 81.6 Å². The number of anilines is 2. The van der Waals surface area contributed by atoms with Gasteiger partial charge in [0.15, 0.2) is 0 Å². The van der Waals surface area contributed by atoms with E-state index in [0.29, 0.717) is 28.7 Å². The van der Waals surface area contributed by atoms with Crippen LogP contribution in [-0.2, 0) is 0 Å². The van der Waals surface area contributed by atoms with Gasteiger partial charge in [0, 0.05) is 23.3 Å². The molecule has 0 heterocycles. The van der Waals surface area contributed by atoms with Crippen molar-refractivity contribution in [1.82, 2.24) is 0 Å². The van der Waals surface area contributed by atoms with Crippen LogP contribution in [0.5, 0.6) is 5.75 Å². The number of phenols is 1. The van der Waals surface area contributed by atoms with Gasteiger partial charge in [-0.15, -0.1) is 0 Å². The standard InChI is InChI=1S/C19H17FN2O3/c20-13-4-6-15-12(10-13)2-1-3-17(15)22-19(25)16-11-14(21-8-9-23)5-7-18(16)24/h1-7,10-11,21,23-24H,8-9H2,(H,22,25). The number of amides is 1. The third-order valence-corrected chi connectivity index (χ3v) is 3.77. The van der Waals surface area contributed by atoms with Gasteiger partial charge in [0.1, 0.15) is 11.6 Å². The third-order valence-electron chi connectivity index (χ3n) is 3.77. The largest absolute Gasteiger partial charge is 0.507 e. The quantitative estimate of drug-likeness (QED) is 0.537. The summed E-state index contributed by atoms with van der Waals surface area (Å²) in [4.78, 5) is 12.5. The first-order chi connectivity index (χ1) is 12.1. The minimum Gasteiger partial charge on any atom is -0.507 e. The van der Waals surface area contributed by atoms with Gasteiger partial charge in [-0.3, -0.25) is 4.79 Å². The van der Waals surface area contributed by atoms with E-state index in [0.717, 1.165) is 0 Å². The molecule has 3 rings (SSSR count). The summed E-state index contributed by atoms with van der Waals surface area (Å²) in [5.74, 6) is -0.989. The number of benzene rings is 3. The Bertz CT molecular complexity index is 928. The summed E-state index contributed by atoms with van der Waals surface area (Å²) < 4.78 is 13.3. The zero-order valence-electron chi connectivity index (χ0n) is 13.3. The summed E-state index contributed by atoms with van der Waals surface area (Å²) in [6.45, 7) is 0.287. The molecule has 0 aliphatic carbocycles. The maximum Gasteiger partial charge on any atom is 0.259 e. The van der Waals surface area contributed by atoms with E-state index in [9.17, 15) is 14.3 Å². The number of aliphatic hydroxyl groups is 1. The monoisotopic (exact) mass is 340 g/mol. The van der Waals surface area contributed by atoms with Crippen molar-refractivity contribution in [1.29, 1.82) is 0 Å². The number of hydrogen-bond acceptors (Lipinski definition) is 4. The molecule has 0 spiro atoms. The minimum absolute atomic E-state index is 0.0467. The molecule has 0 aliphatic rings. The number of phenolic OH excluding ortho intramolecular Hbond substituents is 1. The van der Waals surface area contributed by atoms with Crippen LogP contribution in [0, 0.1) is 5.82 Å². The molecule has 0 bridgehead atoms. The van der Waals surface area contributed by atoms with Crippen molar-refractivity contribution < 1.29 is 19.4 Å². The summed E-state index contributed by atoms with van der Waals surface area (Å²) in [7, 11) is 0. The molecule has 25 heavy (non-hydrogen) atoms. The molecule has 5 nitrogen and oxygen atoms in total. The van der Waals surface area contributed by atoms with Crippen molar-refractivity contribution in [3.8, 4) is 5.75 Å². The molecule has 3 aromatic rings. The lowest BCUT2D eigenvalue weighted by atomic mass is 10.1. The highest BCUT2D eigenvalue weighted by molar-refractivity contribution is 6.10. The number of carbonyl (C=O) groups is 1. The Morgan fingerprint density at radius 2 is 1.92 bits per heavy atom. The first-order valence-electron chi connectivity index (χ1n) is 7.76. The lowest BCUT2D eigenvalue weighted by molar-refractivity contribution is 0.102. The normalized spacial score (nSPS) is 10.6. The molecular formula is C19H17FN2O3. The van der Waals surface area contributed by atoms with Crippen LogP contribution in [-0.4, -0.2) is 29.3 Å². The number of aliphatic hydroxyl groups excluding tert-OH is 1. The molecular weight excluding hydrogens is 323 g/mol. The molecule has 0 saturated carbocycles. The summed E-state index contributed by atoms with van der Waals surface area (Å²) in [5.41, 5.74) is 1.23.